The van der Waals surface area contributed by atoms with Crippen molar-refractivity contribution in [3.05, 3.63) is 60.2 Å². The molecule has 0 radical (unpaired) electrons. The number of hydrogen-bond acceptors (Lipinski definition) is 2. The minimum absolute atomic E-state index is 0.961. The monoisotopic (exact) mass is 268 g/mol. The van der Waals surface area contributed by atoms with Crippen LogP contribution in [-0.4, -0.2) is 10.5 Å². The molecule has 0 aliphatic heterocycles. The minimum atomic E-state index is 0.961. The highest BCUT2D eigenvalue weighted by Crippen LogP contribution is 2.31. The molecule has 0 aliphatic carbocycles. The van der Waals surface area contributed by atoms with Crippen LogP contribution in [0.15, 0.2) is 54.6 Å². The van der Waals surface area contributed by atoms with E-state index >= 15 is 0 Å². The van der Waals surface area contributed by atoms with Gasteiger partial charge < -0.3 is 0 Å². The normalized spacial score (nSPS) is 10.9. The number of fused-ring (bicyclic) bond motifs is 2. The first-order chi connectivity index (χ1) is 8.81. The molecule has 0 atom stereocenters. The van der Waals surface area contributed by atoms with Crippen molar-refractivity contribution in [2.24, 2.45) is 0 Å². The third kappa shape index (κ3) is 1.82. The summed E-state index contributed by atoms with van der Waals surface area (Å²) in [6, 6.07) is 19.1. The summed E-state index contributed by atoms with van der Waals surface area (Å²) < 4.78 is 0.961. The predicted octanol–water partition coefficient (Wildman–Crippen LogP) is 5.03. The predicted molar refractivity (Wildman–Crippen MR) is 86.7 cm³/mol. The quantitative estimate of drug-likeness (QED) is 0.448. The van der Waals surface area contributed by atoms with Gasteiger partial charge in [0.25, 0.3) is 0 Å². The van der Waals surface area contributed by atoms with E-state index in [1.807, 2.05) is 6.26 Å². The Balaban J connectivity index is 2.53. The summed E-state index contributed by atoms with van der Waals surface area (Å²) in [5, 5.41) is 5.00. The van der Waals surface area contributed by atoms with Gasteiger partial charge in [-0.3, -0.25) is 0 Å². The van der Waals surface area contributed by atoms with E-state index in [-0.39, 0.29) is 0 Å². The van der Waals surface area contributed by atoms with Crippen molar-refractivity contribution < 1.29 is 0 Å². The third-order valence-corrected chi connectivity index (χ3v) is 4.44. The molecular formula is C16H12S2. The van der Waals surface area contributed by atoms with E-state index in [2.05, 4.69) is 54.6 Å². The number of thiocarbonyl (C=S) groups is 1. The maximum absolute atomic E-state index is 5.54. The Morgan fingerprint density at radius 2 is 1.39 bits per heavy atom. The molecule has 0 saturated carbocycles. The first kappa shape index (κ1) is 11.7. The van der Waals surface area contributed by atoms with Crippen LogP contribution in [0.4, 0.5) is 0 Å². The van der Waals surface area contributed by atoms with Crippen molar-refractivity contribution in [3.8, 4) is 0 Å². The average molecular weight is 268 g/mol. The van der Waals surface area contributed by atoms with Gasteiger partial charge in [-0.25, -0.2) is 0 Å². The van der Waals surface area contributed by atoms with Gasteiger partial charge in [0.1, 0.15) is 0 Å². The highest BCUT2D eigenvalue weighted by Gasteiger charge is 2.10. The summed E-state index contributed by atoms with van der Waals surface area (Å²) in [5.41, 5.74) is 1.20. The van der Waals surface area contributed by atoms with Crippen molar-refractivity contribution >= 4 is 49.7 Å². The summed E-state index contributed by atoms with van der Waals surface area (Å²) in [5.74, 6) is 0. The second kappa shape index (κ2) is 4.71. The molecule has 0 bridgehead atoms. The summed E-state index contributed by atoms with van der Waals surface area (Å²) in [7, 11) is 0. The third-order valence-electron chi connectivity index (χ3n) is 3.16. The van der Waals surface area contributed by atoms with E-state index in [1.165, 1.54) is 27.1 Å². The lowest BCUT2D eigenvalue weighted by atomic mass is 9.98. The van der Waals surface area contributed by atoms with E-state index in [0.717, 1.165) is 4.20 Å². The molecule has 18 heavy (non-hydrogen) atoms. The molecule has 3 aromatic rings. The van der Waals surface area contributed by atoms with Gasteiger partial charge in [-0.05, 0) is 33.9 Å². The smallest absolute Gasteiger partial charge is 0.0788 e. The van der Waals surface area contributed by atoms with Crippen molar-refractivity contribution in [2.45, 2.75) is 0 Å². The Bertz CT molecular complexity index is 690. The van der Waals surface area contributed by atoms with Crippen molar-refractivity contribution in [1.29, 1.82) is 0 Å². The van der Waals surface area contributed by atoms with Crippen LogP contribution < -0.4 is 0 Å². The first-order valence-corrected chi connectivity index (χ1v) is 7.43. The highest BCUT2D eigenvalue weighted by atomic mass is 32.2. The van der Waals surface area contributed by atoms with Gasteiger partial charge in [0.05, 0.1) is 4.20 Å². The zero-order valence-corrected chi connectivity index (χ0v) is 11.6. The summed E-state index contributed by atoms with van der Waals surface area (Å²) in [4.78, 5) is 0. The van der Waals surface area contributed by atoms with Gasteiger partial charge in [-0.2, -0.15) is 0 Å². The van der Waals surface area contributed by atoms with E-state index in [9.17, 15) is 0 Å². The van der Waals surface area contributed by atoms with Crippen LogP contribution in [0.5, 0.6) is 0 Å². The first-order valence-electron chi connectivity index (χ1n) is 5.80. The summed E-state index contributed by atoms with van der Waals surface area (Å²) in [6.07, 6.45) is 2.04. The Kier molecular flexibility index (Phi) is 3.06. The van der Waals surface area contributed by atoms with Crippen LogP contribution >= 0.6 is 24.0 Å². The number of thioether (sulfide) groups is 1. The lowest BCUT2D eigenvalue weighted by Crippen LogP contribution is -1.94. The molecule has 88 valence electrons. The molecule has 0 nitrogen and oxygen atoms in total. The SMILES string of the molecule is CSC(=S)c1c2ccccc2cc2ccccc12. The van der Waals surface area contributed by atoms with Crippen molar-refractivity contribution in [2.75, 3.05) is 6.26 Å². The molecule has 0 fully saturated rings. The highest BCUT2D eigenvalue weighted by molar-refractivity contribution is 8.23. The molecule has 3 aromatic carbocycles. The Morgan fingerprint density at radius 1 is 0.889 bits per heavy atom. The van der Waals surface area contributed by atoms with Gasteiger partial charge >= 0.3 is 0 Å². The molecule has 0 amide bonds. The molecule has 2 heteroatoms. The number of rotatable bonds is 1. The Morgan fingerprint density at radius 3 is 1.89 bits per heavy atom. The van der Waals surface area contributed by atoms with Crippen LogP contribution in [0, 0.1) is 0 Å². The zero-order valence-electron chi connectivity index (χ0n) is 10.0. The van der Waals surface area contributed by atoms with Crippen molar-refractivity contribution in [1.82, 2.24) is 0 Å². The van der Waals surface area contributed by atoms with E-state index in [1.54, 1.807) is 11.8 Å². The molecule has 3 rings (SSSR count). The van der Waals surface area contributed by atoms with Crippen molar-refractivity contribution in [3.63, 3.8) is 0 Å². The van der Waals surface area contributed by atoms with Crippen LogP contribution in [-0.2, 0) is 0 Å². The maximum atomic E-state index is 5.54. The maximum Gasteiger partial charge on any atom is 0.0788 e. The molecule has 0 aromatic heterocycles. The van der Waals surface area contributed by atoms with Gasteiger partial charge in [0.2, 0.25) is 0 Å². The lowest BCUT2D eigenvalue weighted by Gasteiger charge is -2.11. The molecule has 0 unspecified atom stereocenters. The van der Waals surface area contributed by atoms with Gasteiger partial charge in [-0.1, -0.05) is 60.7 Å². The van der Waals surface area contributed by atoms with Gasteiger partial charge in [0, 0.05) is 5.56 Å². The molecule has 0 N–H and O–H groups in total. The Labute approximate surface area is 116 Å². The minimum Gasteiger partial charge on any atom is -0.117 e. The lowest BCUT2D eigenvalue weighted by molar-refractivity contribution is 1.75. The topological polar surface area (TPSA) is 0 Å². The average Bonchev–Trinajstić information content (AvgIpc) is 2.44. The second-order valence-electron chi connectivity index (χ2n) is 4.19. The molecule has 0 heterocycles. The number of hydrogen-bond donors (Lipinski definition) is 0. The second-order valence-corrected chi connectivity index (χ2v) is 5.67. The summed E-state index contributed by atoms with van der Waals surface area (Å²) >= 11 is 7.18. The molecular weight excluding hydrogens is 256 g/mol. The van der Waals surface area contributed by atoms with E-state index in [0.29, 0.717) is 0 Å². The van der Waals surface area contributed by atoms with Gasteiger partial charge in [-0.15, -0.1) is 11.8 Å². The largest absolute Gasteiger partial charge is 0.117 e. The van der Waals surface area contributed by atoms with Crippen LogP contribution in [0.25, 0.3) is 21.5 Å². The fraction of sp³-hybridized carbons (Fsp3) is 0.0625. The zero-order chi connectivity index (χ0) is 12.5. The standard InChI is InChI=1S/C16H12S2/c1-18-16(17)15-13-8-4-2-6-11(13)10-12-7-3-5-9-14(12)15/h2-10H,1H3. The van der Waals surface area contributed by atoms with Crippen LogP contribution in [0.1, 0.15) is 5.56 Å². The fourth-order valence-corrected chi connectivity index (χ4v) is 2.98. The van der Waals surface area contributed by atoms with Crippen LogP contribution in [0.3, 0.4) is 0 Å². The number of benzene rings is 3. The molecule has 0 spiro atoms. The van der Waals surface area contributed by atoms with Gasteiger partial charge in [0.15, 0.2) is 0 Å². The fourth-order valence-electron chi connectivity index (χ4n) is 2.34. The van der Waals surface area contributed by atoms with E-state index in [4.69, 9.17) is 12.2 Å². The van der Waals surface area contributed by atoms with E-state index < -0.39 is 0 Å². The molecule has 0 aliphatic rings. The Hall–Kier alpha value is -1.38. The van der Waals surface area contributed by atoms with Crippen LogP contribution in [0.2, 0.25) is 0 Å². The molecule has 0 saturated heterocycles. The summed E-state index contributed by atoms with van der Waals surface area (Å²) in [6.45, 7) is 0.